The zero-order valence-corrected chi connectivity index (χ0v) is 10.7. The highest BCUT2D eigenvalue weighted by atomic mass is 16.5. The molecule has 0 aliphatic carbocycles. The second-order valence-electron chi connectivity index (χ2n) is 4.17. The molecule has 0 unspecified atom stereocenters. The molecule has 3 nitrogen and oxygen atoms in total. The minimum absolute atomic E-state index is 0.592. The normalized spacial score (nSPS) is 10.6. The van der Waals surface area contributed by atoms with E-state index in [1.807, 2.05) is 61.5 Å². The molecule has 0 saturated carbocycles. The number of ether oxygens (including phenoxy) is 1. The molecule has 0 saturated heterocycles. The Bertz CT molecular complexity index is 695. The third kappa shape index (κ3) is 2.27. The van der Waals surface area contributed by atoms with Crippen LogP contribution in [0.5, 0.6) is 5.88 Å². The number of benzene rings is 2. The molecule has 0 N–H and O–H groups in total. The number of hydrogen-bond donors (Lipinski definition) is 0. The fourth-order valence-corrected chi connectivity index (χ4v) is 2.01. The molecule has 0 aliphatic heterocycles. The molecule has 0 aliphatic rings. The van der Waals surface area contributed by atoms with Crippen LogP contribution >= 0.6 is 0 Å². The summed E-state index contributed by atoms with van der Waals surface area (Å²) in [5, 5.41) is 0.948. The maximum atomic E-state index is 5.63. The van der Waals surface area contributed by atoms with Gasteiger partial charge in [0, 0.05) is 5.56 Å². The van der Waals surface area contributed by atoms with Crippen LogP contribution in [0, 0.1) is 0 Å². The summed E-state index contributed by atoms with van der Waals surface area (Å²) in [6.07, 6.45) is 0. The molecule has 0 amide bonds. The maximum Gasteiger partial charge on any atom is 0.225 e. The SMILES string of the molecule is CCOc1nc(-c2ccccc2)nc2ccccc12. The highest BCUT2D eigenvalue weighted by Crippen LogP contribution is 2.26. The van der Waals surface area contributed by atoms with Gasteiger partial charge in [0.15, 0.2) is 5.82 Å². The van der Waals surface area contributed by atoms with E-state index in [9.17, 15) is 0 Å². The van der Waals surface area contributed by atoms with Gasteiger partial charge in [0.05, 0.1) is 17.5 Å². The Morgan fingerprint density at radius 3 is 2.42 bits per heavy atom. The van der Waals surface area contributed by atoms with Gasteiger partial charge in [-0.15, -0.1) is 0 Å². The van der Waals surface area contributed by atoms with Crippen LogP contribution in [0.1, 0.15) is 6.92 Å². The summed E-state index contributed by atoms with van der Waals surface area (Å²) in [6.45, 7) is 2.55. The Kier molecular flexibility index (Phi) is 3.11. The van der Waals surface area contributed by atoms with Crippen molar-refractivity contribution < 1.29 is 4.74 Å². The second kappa shape index (κ2) is 5.06. The van der Waals surface area contributed by atoms with Crippen LogP contribution in [0.3, 0.4) is 0 Å². The molecule has 1 heterocycles. The minimum atomic E-state index is 0.592. The summed E-state index contributed by atoms with van der Waals surface area (Å²) < 4.78 is 5.63. The van der Waals surface area contributed by atoms with E-state index in [-0.39, 0.29) is 0 Å². The lowest BCUT2D eigenvalue weighted by atomic mass is 10.2. The minimum Gasteiger partial charge on any atom is -0.477 e. The van der Waals surface area contributed by atoms with Gasteiger partial charge in [-0.3, -0.25) is 0 Å². The monoisotopic (exact) mass is 250 g/mol. The highest BCUT2D eigenvalue weighted by molar-refractivity contribution is 5.85. The molecule has 1 aromatic heterocycles. The van der Waals surface area contributed by atoms with E-state index in [0.717, 1.165) is 16.5 Å². The van der Waals surface area contributed by atoms with E-state index >= 15 is 0 Å². The van der Waals surface area contributed by atoms with E-state index in [1.165, 1.54) is 0 Å². The second-order valence-corrected chi connectivity index (χ2v) is 4.17. The number of hydrogen-bond acceptors (Lipinski definition) is 3. The number of aromatic nitrogens is 2. The first-order valence-electron chi connectivity index (χ1n) is 6.33. The van der Waals surface area contributed by atoms with Crippen LogP contribution in [0.4, 0.5) is 0 Å². The Labute approximate surface area is 111 Å². The highest BCUT2D eigenvalue weighted by Gasteiger charge is 2.09. The lowest BCUT2D eigenvalue weighted by Gasteiger charge is -2.08. The first-order valence-corrected chi connectivity index (χ1v) is 6.33. The van der Waals surface area contributed by atoms with Crippen molar-refractivity contribution in [3.8, 4) is 17.3 Å². The molecule has 0 bridgehead atoms. The van der Waals surface area contributed by atoms with Crippen molar-refractivity contribution in [2.45, 2.75) is 6.92 Å². The molecule has 2 aromatic carbocycles. The summed E-state index contributed by atoms with van der Waals surface area (Å²) in [6, 6.07) is 17.8. The first-order chi connectivity index (χ1) is 9.38. The zero-order chi connectivity index (χ0) is 13.1. The van der Waals surface area contributed by atoms with Crippen molar-refractivity contribution in [3.05, 3.63) is 54.6 Å². The predicted octanol–water partition coefficient (Wildman–Crippen LogP) is 3.70. The molecular formula is C16H14N2O. The third-order valence-electron chi connectivity index (χ3n) is 2.88. The van der Waals surface area contributed by atoms with Crippen LogP contribution in [0.25, 0.3) is 22.3 Å². The van der Waals surface area contributed by atoms with Crippen LogP contribution in [0.15, 0.2) is 54.6 Å². The summed E-state index contributed by atoms with van der Waals surface area (Å²) >= 11 is 0. The first kappa shape index (κ1) is 11.7. The molecule has 0 radical (unpaired) electrons. The third-order valence-corrected chi connectivity index (χ3v) is 2.88. The summed E-state index contributed by atoms with van der Waals surface area (Å²) in [7, 11) is 0. The van der Waals surface area contributed by atoms with Gasteiger partial charge in [-0.25, -0.2) is 4.98 Å². The topological polar surface area (TPSA) is 35.0 Å². The van der Waals surface area contributed by atoms with Crippen molar-refractivity contribution in [2.75, 3.05) is 6.61 Å². The van der Waals surface area contributed by atoms with Gasteiger partial charge in [0.2, 0.25) is 5.88 Å². The van der Waals surface area contributed by atoms with E-state index in [1.54, 1.807) is 0 Å². The standard InChI is InChI=1S/C16H14N2O/c1-2-19-16-13-10-6-7-11-14(13)17-15(18-16)12-8-4-3-5-9-12/h3-11H,2H2,1H3. The summed E-state index contributed by atoms with van der Waals surface area (Å²) in [5.74, 6) is 1.34. The molecule has 94 valence electrons. The van der Waals surface area contributed by atoms with E-state index in [2.05, 4.69) is 9.97 Å². The fraction of sp³-hybridized carbons (Fsp3) is 0.125. The van der Waals surface area contributed by atoms with Crippen LogP contribution in [-0.2, 0) is 0 Å². The van der Waals surface area contributed by atoms with Gasteiger partial charge in [-0.05, 0) is 19.1 Å². The van der Waals surface area contributed by atoms with Crippen molar-refractivity contribution >= 4 is 10.9 Å². The average molecular weight is 250 g/mol. The zero-order valence-electron chi connectivity index (χ0n) is 10.7. The molecule has 0 spiro atoms. The number of nitrogens with zero attached hydrogens (tertiary/aromatic N) is 2. The van der Waals surface area contributed by atoms with Gasteiger partial charge < -0.3 is 4.74 Å². The van der Waals surface area contributed by atoms with Crippen molar-refractivity contribution in [1.29, 1.82) is 0 Å². The number of rotatable bonds is 3. The smallest absolute Gasteiger partial charge is 0.225 e. The molecular weight excluding hydrogens is 236 g/mol. The van der Waals surface area contributed by atoms with Gasteiger partial charge in [0.25, 0.3) is 0 Å². The summed E-state index contributed by atoms with van der Waals surface area (Å²) in [4.78, 5) is 9.12. The maximum absolute atomic E-state index is 5.63. The van der Waals surface area contributed by atoms with E-state index < -0.39 is 0 Å². The number of fused-ring (bicyclic) bond motifs is 1. The van der Waals surface area contributed by atoms with Crippen molar-refractivity contribution in [3.63, 3.8) is 0 Å². The van der Waals surface area contributed by atoms with Crippen molar-refractivity contribution in [2.24, 2.45) is 0 Å². The fourth-order valence-electron chi connectivity index (χ4n) is 2.01. The molecule has 0 fully saturated rings. The van der Waals surface area contributed by atoms with Gasteiger partial charge in [-0.1, -0.05) is 42.5 Å². The molecule has 3 aromatic rings. The molecule has 3 rings (SSSR count). The Balaban J connectivity index is 2.22. The van der Waals surface area contributed by atoms with Crippen LogP contribution in [-0.4, -0.2) is 16.6 Å². The molecule has 3 heteroatoms. The van der Waals surface area contributed by atoms with E-state index in [0.29, 0.717) is 18.3 Å². The van der Waals surface area contributed by atoms with Crippen LogP contribution in [0.2, 0.25) is 0 Å². The summed E-state index contributed by atoms with van der Waals surface area (Å²) in [5.41, 5.74) is 1.90. The van der Waals surface area contributed by atoms with Gasteiger partial charge in [0.1, 0.15) is 0 Å². The predicted molar refractivity (Wildman–Crippen MR) is 76.1 cm³/mol. The van der Waals surface area contributed by atoms with Gasteiger partial charge in [-0.2, -0.15) is 4.98 Å². The lowest BCUT2D eigenvalue weighted by Crippen LogP contribution is -1.99. The van der Waals surface area contributed by atoms with Crippen LogP contribution < -0.4 is 4.74 Å². The molecule has 0 atom stereocenters. The molecule has 19 heavy (non-hydrogen) atoms. The van der Waals surface area contributed by atoms with E-state index in [4.69, 9.17) is 4.74 Å². The van der Waals surface area contributed by atoms with Gasteiger partial charge >= 0.3 is 0 Å². The quantitative estimate of drug-likeness (QED) is 0.711. The van der Waals surface area contributed by atoms with Crippen molar-refractivity contribution in [1.82, 2.24) is 9.97 Å². The average Bonchev–Trinajstić information content (AvgIpc) is 2.48. The lowest BCUT2D eigenvalue weighted by molar-refractivity contribution is 0.331. The number of para-hydroxylation sites is 1. The largest absolute Gasteiger partial charge is 0.477 e. The Morgan fingerprint density at radius 1 is 0.895 bits per heavy atom. The Morgan fingerprint density at radius 2 is 1.63 bits per heavy atom. The Hall–Kier alpha value is -2.42.